The van der Waals surface area contributed by atoms with Crippen molar-refractivity contribution in [2.24, 2.45) is 5.41 Å². The van der Waals surface area contributed by atoms with Crippen LogP contribution in [0, 0.1) is 18.2 Å². The zero-order chi connectivity index (χ0) is 13.9. The molecule has 0 aromatic heterocycles. The molecule has 1 aromatic carbocycles. The summed E-state index contributed by atoms with van der Waals surface area (Å²) in [7, 11) is 1.35. The molecule has 0 spiro atoms. The molecule has 1 atom stereocenters. The Balaban J connectivity index is 3.00. The maximum absolute atomic E-state index is 13.3. The lowest BCUT2D eigenvalue weighted by atomic mass is 9.86. The van der Waals surface area contributed by atoms with Gasteiger partial charge in [-0.05, 0) is 36.1 Å². The van der Waals surface area contributed by atoms with Crippen LogP contribution in [0.3, 0.4) is 0 Å². The Bertz CT molecular complexity index is 418. The summed E-state index contributed by atoms with van der Waals surface area (Å²) in [6.45, 7) is 7.58. The van der Waals surface area contributed by atoms with Gasteiger partial charge < -0.3 is 10.1 Å². The van der Waals surface area contributed by atoms with Gasteiger partial charge >= 0.3 is 5.97 Å². The number of benzene rings is 1. The minimum atomic E-state index is -0.524. The molecule has 0 aliphatic carbocycles. The van der Waals surface area contributed by atoms with Crippen LogP contribution in [0.2, 0.25) is 0 Å². The van der Waals surface area contributed by atoms with Crippen LogP contribution in [0.1, 0.15) is 26.3 Å². The number of halogens is 1. The predicted molar refractivity (Wildman–Crippen MR) is 70.0 cm³/mol. The highest BCUT2D eigenvalue weighted by molar-refractivity contribution is 5.80. The molecule has 0 amide bonds. The highest BCUT2D eigenvalue weighted by Gasteiger charge is 2.32. The number of carbonyl (C=O) groups is 1. The Hall–Kier alpha value is -1.58. The van der Waals surface area contributed by atoms with Gasteiger partial charge in [0.2, 0.25) is 0 Å². The van der Waals surface area contributed by atoms with E-state index in [1.165, 1.54) is 19.2 Å². The molecule has 0 aliphatic rings. The molecule has 0 radical (unpaired) electrons. The average Bonchev–Trinajstić information content (AvgIpc) is 2.22. The molecule has 4 heteroatoms. The molecular weight excluding hydrogens is 233 g/mol. The van der Waals surface area contributed by atoms with Crippen molar-refractivity contribution in [3.05, 3.63) is 29.6 Å². The minimum absolute atomic E-state index is 0.324. The fourth-order valence-electron chi connectivity index (χ4n) is 1.73. The van der Waals surface area contributed by atoms with Crippen LogP contribution in [-0.2, 0) is 9.53 Å². The fourth-order valence-corrected chi connectivity index (χ4v) is 1.73. The molecule has 18 heavy (non-hydrogen) atoms. The number of carbonyl (C=O) groups excluding carboxylic acids is 1. The van der Waals surface area contributed by atoms with Crippen molar-refractivity contribution < 1.29 is 13.9 Å². The van der Waals surface area contributed by atoms with E-state index < -0.39 is 6.04 Å². The van der Waals surface area contributed by atoms with E-state index in [0.717, 1.165) is 5.56 Å². The van der Waals surface area contributed by atoms with Crippen LogP contribution in [-0.4, -0.2) is 19.1 Å². The van der Waals surface area contributed by atoms with Crippen LogP contribution in [0.25, 0.3) is 0 Å². The van der Waals surface area contributed by atoms with Gasteiger partial charge in [0.15, 0.2) is 0 Å². The Labute approximate surface area is 107 Å². The standard InChI is InChI=1S/C14H20FNO2/c1-9-6-10(15)8-11(7-9)16-12(13(17)18-5)14(2,3)4/h6-8,12,16H,1-5H3. The third kappa shape index (κ3) is 3.72. The Morgan fingerprint density at radius 3 is 2.39 bits per heavy atom. The number of hydrogen-bond acceptors (Lipinski definition) is 3. The molecular formula is C14H20FNO2. The zero-order valence-electron chi connectivity index (χ0n) is 11.5. The summed E-state index contributed by atoms with van der Waals surface area (Å²) in [5, 5.41) is 3.04. The first-order valence-electron chi connectivity index (χ1n) is 5.85. The van der Waals surface area contributed by atoms with E-state index in [1.54, 1.807) is 13.0 Å². The van der Waals surface area contributed by atoms with Gasteiger partial charge in [0.1, 0.15) is 11.9 Å². The molecule has 0 saturated carbocycles. The number of methoxy groups -OCH3 is 1. The molecule has 0 saturated heterocycles. The number of rotatable bonds is 3. The fraction of sp³-hybridized carbons (Fsp3) is 0.500. The summed E-state index contributed by atoms with van der Waals surface area (Å²) in [5.41, 5.74) is 1.06. The first-order valence-corrected chi connectivity index (χ1v) is 5.85. The van der Waals surface area contributed by atoms with E-state index >= 15 is 0 Å². The van der Waals surface area contributed by atoms with Crippen LogP contribution in [0.5, 0.6) is 0 Å². The smallest absolute Gasteiger partial charge is 0.328 e. The highest BCUT2D eigenvalue weighted by Crippen LogP contribution is 2.25. The molecule has 0 bridgehead atoms. The van der Waals surface area contributed by atoms with Gasteiger partial charge in [0, 0.05) is 5.69 Å². The van der Waals surface area contributed by atoms with E-state index in [1.807, 2.05) is 20.8 Å². The second-order valence-electron chi connectivity index (χ2n) is 5.48. The molecule has 1 unspecified atom stereocenters. The Morgan fingerprint density at radius 1 is 1.33 bits per heavy atom. The Morgan fingerprint density at radius 2 is 1.94 bits per heavy atom. The van der Waals surface area contributed by atoms with Crippen molar-refractivity contribution in [3.8, 4) is 0 Å². The number of ether oxygens (including phenoxy) is 1. The van der Waals surface area contributed by atoms with E-state index in [4.69, 9.17) is 4.74 Å². The van der Waals surface area contributed by atoms with E-state index in [0.29, 0.717) is 5.69 Å². The first kappa shape index (κ1) is 14.5. The summed E-state index contributed by atoms with van der Waals surface area (Å²) < 4.78 is 18.1. The van der Waals surface area contributed by atoms with Crippen LogP contribution in [0.15, 0.2) is 18.2 Å². The molecule has 3 nitrogen and oxygen atoms in total. The van der Waals surface area contributed by atoms with E-state index in [9.17, 15) is 9.18 Å². The molecule has 0 heterocycles. The normalized spacial score (nSPS) is 13.0. The lowest BCUT2D eigenvalue weighted by molar-refractivity contribution is -0.143. The number of hydrogen-bond donors (Lipinski definition) is 1. The largest absolute Gasteiger partial charge is 0.467 e. The highest BCUT2D eigenvalue weighted by atomic mass is 19.1. The maximum Gasteiger partial charge on any atom is 0.328 e. The molecule has 100 valence electrons. The third-order valence-corrected chi connectivity index (χ3v) is 2.66. The quantitative estimate of drug-likeness (QED) is 0.841. The van der Waals surface area contributed by atoms with Gasteiger partial charge in [0.25, 0.3) is 0 Å². The van der Waals surface area contributed by atoms with Crippen molar-refractivity contribution in [1.29, 1.82) is 0 Å². The second kappa shape index (κ2) is 5.38. The predicted octanol–water partition coefficient (Wildman–Crippen LogP) is 3.13. The van der Waals surface area contributed by atoms with Crippen molar-refractivity contribution in [3.63, 3.8) is 0 Å². The average molecular weight is 253 g/mol. The minimum Gasteiger partial charge on any atom is -0.467 e. The van der Waals surface area contributed by atoms with Gasteiger partial charge in [0.05, 0.1) is 7.11 Å². The lowest BCUT2D eigenvalue weighted by Gasteiger charge is -2.30. The number of nitrogens with one attached hydrogen (secondary N) is 1. The summed E-state index contributed by atoms with van der Waals surface area (Å²) >= 11 is 0. The molecule has 0 aliphatic heterocycles. The van der Waals surface area contributed by atoms with Gasteiger partial charge in [-0.3, -0.25) is 0 Å². The number of anilines is 1. The molecule has 1 N–H and O–H groups in total. The van der Waals surface area contributed by atoms with Crippen LogP contribution >= 0.6 is 0 Å². The maximum atomic E-state index is 13.3. The number of esters is 1. The first-order chi connectivity index (χ1) is 8.24. The van der Waals surface area contributed by atoms with Crippen molar-refractivity contribution in [2.75, 3.05) is 12.4 Å². The van der Waals surface area contributed by atoms with Crippen molar-refractivity contribution in [1.82, 2.24) is 0 Å². The van der Waals surface area contributed by atoms with Gasteiger partial charge in [-0.15, -0.1) is 0 Å². The molecule has 0 fully saturated rings. The topological polar surface area (TPSA) is 38.3 Å². The second-order valence-corrected chi connectivity index (χ2v) is 5.48. The number of aryl methyl sites for hydroxylation is 1. The third-order valence-electron chi connectivity index (χ3n) is 2.66. The van der Waals surface area contributed by atoms with Gasteiger partial charge in [-0.1, -0.05) is 20.8 Å². The van der Waals surface area contributed by atoms with E-state index in [-0.39, 0.29) is 17.2 Å². The lowest BCUT2D eigenvalue weighted by Crippen LogP contribution is -2.41. The van der Waals surface area contributed by atoms with Crippen LogP contribution in [0.4, 0.5) is 10.1 Å². The Kier molecular flexibility index (Phi) is 4.33. The van der Waals surface area contributed by atoms with E-state index in [2.05, 4.69) is 5.32 Å². The summed E-state index contributed by atoms with van der Waals surface area (Å²) in [6.07, 6.45) is 0. The molecule has 1 rings (SSSR count). The van der Waals surface area contributed by atoms with Gasteiger partial charge in [-0.2, -0.15) is 0 Å². The van der Waals surface area contributed by atoms with Crippen molar-refractivity contribution >= 4 is 11.7 Å². The van der Waals surface area contributed by atoms with Gasteiger partial charge in [-0.25, -0.2) is 9.18 Å². The SMILES string of the molecule is COC(=O)C(Nc1cc(C)cc(F)c1)C(C)(C)C. The summed E-state index contributed by atoms with van der Waals surface area (Å²) in [5.74, 6) is -0.681. The molecule has 1 aromatic rings. The monoisotopic (exact) mass is 253 g/mol. The zero-order valence-corrected chi connectivity index (χ0v) is 11.5. The van der Waals surface area contributed by atoms with Crippen molar-refractivity contribution in [2.45, 2.75) is 33.7 Å². The van der Waals surface area contributed by atoms with Crippen LogP contribution < -0.4 is 5.32 Å². The summed E-state index contributed by atoms with van der Waals surface area (Å²) in [6, 6.07) is 4.08. The summed E-state index contributed by atoms with van der Waals surface area (Å²) in [4.78, 5) is 11.8.